The Balaban J connectivity index is 1.41. The number of hydrogen-bond acceptors (Lipinski definition) is 6. The van der Waals surface area contributed by atoms with Crippen LogP contribution in [0.3, 0.4) is 0 Å². The Labute approximate surface area is 224 Å². The summed E-state index contributed by atoms with van der Waals surface area (Å²) in [6, 6.07) is 0. The van der Waals surface area contributed by atoms with Crippen molar-refractivity contribution in [2.45, 2.75) is 112 Å². The molecule has 210 valence electrons. The van der Waals surface area contributed by atoms with Crippen molar-refractivity contribution < 1.29 is 27.1 Å². The number of fused-ring (bicyclic) bond motifs is 2. The molecule has 5 rings (SSSR count). The number of hydrogen-bond donors (Lipinski definition) is 1. The lowest BCUT2D eigenvalue weighted by atomic mass is 9.41. The fourth-order valence-electron chi connectivity index (χ4n) is 11.5. The SMILES string of the molecule is CC(C)=CC(=O)C[C@@H](C)[C@H]1CC[C@@]2(C)[C@@H]3CC[C@H]4[C@](C)(CO)[C@@H](OS(=O)(=O)[O-])CC[C@@]45C[C@@]35CC[C@]12C. The van der Waals surface area contributed by atoms with Crippen molar-refractivity contribution >= 4 is 16.2 Å². The number of ketones is 1. The van der Waals surface area contributed by atoms with E-state index >= 15 is 0 Å². The third-order valence-corrected chi connectivity index (χ3v) is 13.6. The lowest BCUT2D eigenvalue weighted by Crippen LogP contribution is -2.59. The standard InChI is InChI=1S/C30H48O6S/c1-19(2)15-21(32)16-20(3)22-9-11-28(6)24-8-7-23-26(4,18-31)25(36-37(33,34)35)10-12-29(23)17-30(24,29)14-13-27(22,28)5/h15,20,22-25,31H,7-14,16-18H2,1-6H3,(H,33,34,35)/p-1/t20-,22-,23+,24+,25+,26+,27-,28+,29-,30+/m1/s1. The molecule has 5 aliphatic rings. The molecule has 2 spiro atoms. The van der Waals surface area contributed by atoms with E-state index in [0.29, 0.717) is 30.6 Å². The van der Waals surface area contributed by atoms with Crippen molar-refractivity contribution in [1.29, 1.82) is 0 Å². The number of carbonyl (C=O) groups excluding carboxylic acids is 1. The number of aliphatic hydroxyl groups is 1. The van der Waals surface area contributed by atoms with Crippen LogP contribution in [0.2, 0.25) is 0 Å². The zero-order chi connectivity index (χ0) is 27.2. The fraction of sp³-hybridized carbons (Fsp3) is 0.900. The Hall–Kier alpha value is -0.760. The van der Waals surface area contributed by atoms with Gasteiger partial charge in [0, 0.05) is 11.8 Å². The summed E-state index contributed by atoms with van der Waals surface area (Å²) in [5.41, 5.74) is 1.15. The van der Waals surface area contributed by atoms with Gasteiger partial charge in [-0.2, -0.15) is 0 Å². The monoisotopic (exact) mass is 535 g/mol. The lowest BCUT2D eigenvalue weighted by Gasteiger charge is -2.63. The summed E-state index contributed by atoms with van der Waals surface area (Å²) >= 11 is 0. The molecule has 0 aromatic heterocycles. The molecule has 5 saturated carbocycles. The van der Waals surface area contributed by atoms with Gasteiger partial charge in [-0.1, -0.05) is 33.3 Å². The Morgan fingerprint density at radius 1 is 1.00 bits per heavy atom. The summed E-state index contributed by atoms with van der Waals surface area (Å²) in [6.45, 7) is 13.1. The second kappa shape index (κ2) is 8.62. The maximum absolute atomic E-state index is 12.6. The maximum Gasteiger partial charge on any atom is 0.217 e. The van der Waals surface area contributed by atoms with E-state index in [1.54, 1.807) is 6.08 Å². The first kappa shape index (κ1) is 27.8. The van der Waals surface area contributed by atoms with Crippen LogP contribution in [-0.4, -0.2) is 36.6 Å². The van der Waals surface area contributed by atoms with Gasteiger partial charge in [-0.3, -0.25) is 8.98 Å². The summed E-state index contributed by atoms with van der Waals surface area (Å²) < 4.78 is 39.6. The predicted octanol–water partition coefficient (Wildman–Crippen LogP) is 5.80. The maximum atomic E-state index is 12.6. The van der Waals surface area contributed by atoms with Gasteiger partial charge in [0.05, 0.1) is 12.7 Å². The Bertz CT molecular complexity index is 1100. The molecular formula is C30H47O6S-. The van der Waals surface area contributed by atoms with Crippen molar-refractivity contribution in [2.75, 3.05) is 6.61 Å². The molecule has 0 bridgehead atoms. The van der Waals surface area contributed by atoms with Crippen molar-refractivity contribution in [1.82, 2.24) is 0 Å². The number of allylic oxidation sites excluding steroid dienone is 2. The molecule has 0 heterocycles. The van der Waals surface area contributed by atoms with Crippen molar-refractivity contribution in [2.24, 2.45) is 50.7 Å². The van der Waals surface area contributed by atoms with Gasteiger partial charge in [0.25, 0.3) is 0 Å². The van der Waals surface area contributed by atoms with Gasteiger partial charge in [-0.15, -0.1) is 0 Å². The summed E-state index contributed by atoms with van der Waals surface area (Å²) in [5.74, 6) is 1.96. The molecule has 37 heavy (non-hydrogen) atoms. The molecule has 0 radical (unpaired) electrons. The van der Waals surface area contributed by atoms with Crippen LogP contribution in [0.25, 0.3) is 0 Å². The molecule has 0 aromatic carbocycles. The molecule has 0 aliphatic heterocycles. The van der Waals surface area contributed by atoms with Gasteiger partial charge in [-0.05, 0) is 123 Å². The Morgan fingerprint density at radius 2 is 1.65 bits per heavy atom. The highest BCUT2D eigenvalue weighted by atomic mass is 32.3. The minimum Gasteiger partial charge on any atom is -0.726 e. The second-order valence-corrected chi connectivity index (χ2v) is 15.7. The second-order valence-electron chi connectivity index (χ2n) is 14.7. The number of aliphatic hydroxyl groups excluding tert-OH is 1. The average Bonchev–Trinajstić information content (AvgIpc) is 3.36. The van der Waals surface area contributed by atoms with E-state index in [4.69, 9.17) is 4.18 Å². The van der Waals surface area contributed by atoms with E-state index in [2.05, 4.69) is 20.8 Å². The van der Waals surface area contributed by atoms with E-state index in [1.807, 2.05) is 20.8 Å². The topological polar surface area (TPSA) is 104 Å². The Morgan fingerprint density at radius 3 is 2.27 bits per heavy atom. The van der Waals surface area contributed by atoms with Crippen LogP contribution in [0.5, 0.6) is 0 Å². The van der Waals surface area contributed by atoms with E-state index in [0.717, 1.165) is 31.3 Å². The molecule has 0 amide bonds. The van der Waals surface area contributed by atoms with Crippen molar-refractivity contribution in [3.05, 3.63) is 11.6 Å². The third kappa shape index (κ3) is 3.80. The third-order valence-electron chi connectivity index (χ3n) is 13.2. The zero-order valence-electron chi connectivity index (χ0n) is 23.6. The minimum atomic E-state index is -4.82. The van der Waals surface area contributed by atoms with Crippen LogP contribution in [0.15, 0.2) is 11.6 Å². The van der Waals surface area contributed by atoms with Crippen LogP contribution < -0.4 is 0 Å². The first-order valence-electron chi connectivity index (χ1n) is 14.5. The molecular weight excluding hydrogens is 488 g/mol. The Kier molecular flexibility index (Phi) is 6.47. The van der Waals surface area contributed by atoms with Gasteiger partial charge < -0.3 is 9.66 Å². The molecule has 6 nitrogen and oxygen atoms in total. The molecule has 0 unspecified atom stereocenters. The largest absolute Gasteiger partial charge is 0.726 e. The predicted molar refractivity (Wildman–Crippen MR) is 141 cm³/mol. The smallest absolute Gasteiger partial charge is 0.217 e. The molecule has 5 fully saturated rings. The highest BCUT2D eigenvalue weighted by Gasteiger charge is 2.82. The highest BCUT2D eigenvalue weighted by Crippen LogP contribution is 2.89. The normalized spacial score (nSPS) is 49.2. The lowest BCUT2D eigenvalue weighted by molar-refractivity contribution is -0.170. The summed E-state index contributed by atoms with van der Waals surface area (Å²) in [4.78, 5) is 12.6. The molecule has 0 saturated heterocycles. The molecule has 5 aliphatic carbocycles. The van der Waals surface area contributed by atoms with Gasteiger partial charge >= 0.3 is 0 Å². The minimum absolute atomic E-state index is 0.118. The van der Waals surface area contributed by atoms with Crippen LogP contribution in [-0.2, 0) is 19.4 Å². The van der Waals surface area contributed by atoms with Gasteiger partial charge in [0.15, 0.2) is 5.78 Å². The van der Waals surface area contributed by atoms with Crippen molar-refractivity contribution in [3.63, 3.8) is 0 Å². The van der Waals surface area contributed by atoms with E-state index in [9.17, 15) is 22.9 Å². The van der Waals surface area contributed by atoms with Gasteiger partial charge in [0.2, 0.25) is 10.4 Å². The van der Waals surface area contributed by atoms with Crippen molar-refractivity contribution in [3.8, 4) is 0 Å². The van der Waals surface area contributed by atoms with Gasteiger partial charge in [0.1, 0.15) is 0 Å². The van der Waals surface area contributed by atoms with Crippen LogP contribution >= 0.6 is 0 Å². The fourth-order valence-corrected chi connectivity index (χ4v) is 12.1. The quantitative estimate of drug-likeness (QED) is 0.251. The molecule has 7 heteroatoms. The van der Waals surface area contributed by atoms with E-state index < -0.39 is 21.9 Å². The van der Waals surface area contributed by atoms with E-state index in [1.165, 1.54) is 25.7 Å². The summed E-state index contributed by atoms with van der Waals surface area (Å²) in [6.07, 6.45) is 11.0. The van der Waals surface area contributed by atoms with Crippen LogP contribution in [0.1, 0.15) is 106 Å². The van der Waals surface area contributed by atoms with E-state index in [-0.39, 0.29) is 40.0 Å². The average molecular weight is 536 g/mol. The van der Waals surface area contributed by atoms with Crippen LogP contribution in [0.4, 0.5) is 0 Å². The molecule has 10 atom stereocenters. The summed E-state index contributed by atoms with van der Waals surface area (Å²) in [7, 11) is -4.82. The molecule has 1 N–H and O–H groups in total. The number of rotatable bonds is 7. The first-order valence-corrected chi connectivity index (χ1v) is 15.8. The van der Waals surface area contributed by atoms with Gasteiger partial charge in [-0.25, -0.2) is 8.42 Å². The van der Waals surface area contributed by atoms with Crippen LogP contribution in [0, 0.1) is 50.7 Å². The highest BCUT2D eigenvalue weighted by molar-refractivity contribution is 7.80. The summed E-state index contributed by atoms with van der Waals surface area (Å²) in [5, 5.41) is 10.5. The first-order chi connectivity index (χ1) is 17.1. The number of carbonyl (C=O) groups is 1. The molecule has 0 aromatic rings. The zero-order valence-corrected chi connectivity index (χ0v) is 24.5.